The molecule has 1 heterocycles. The standard InChI is InChI=1S/C11H15N.2C2H6/c1-2-7-12-8-10-5-3-4-6-11(10)9-12;2*1-2/h3-6H,2,7-9H2,1H3;2*1-2H3. The van der Waals surface area contributed by atoms with E-state index < -0.39 is 0 Å². The molecule has 0 N–H and O–H groups in total. The lowest BCUT2D eigenvalue weighted by Crippen LogP contribution is -2.16. The van der Waals surface area contributed by atoms with Gasteiger partial charge in [-0.15, -0.1) is 0 Å². The Morgan fingerprint density at radius 1 is 0.938 bits per heavy atom. The number of nitrogens with zero attached hydrogens (tertiary/aromatic N) is 1. The van der Waals surface area contributed by atoms with E-state index in [0.29, 0.717) is 0 Å². The highest BCUT2D eigenvalue weighted by Gasteiger charge is 2.16. The third kappa shape index (κ3) is 4.36. The van der Waals surface area contributed by atoms with E-state index in [-0.39, 0.29) is 0 Å². The van der Waals surface area contributed by atoms with Crippen LogP contribution in [-0.4, -0.2) is 11.4 Å². The Balaban J connectivity index is 0.000000509. The van der Waals surface area contributed by atoms with Crippen LogP contribution >= 0.6 is 0 Å². The number of hydrogen-bond donors (Lipinski definition) is 0. The van der Waals surface area contributed by atoms with Crippen LogP contribution in [0.25, 0.3) is 0 Å². The van der Waals surface area contributed by atoms with Gasteiger partial charge in [-0.05, 0) is 24.1 Å². The summed E-state index contributed by atoms with van der Waals surface area (Å²) in [6.45, 7) is 13.8. The fraction of sp³-hybridized carbons (Fsp3) is 0.600. The minimum absolute atomic E-state index is 1.16. The van der Waals surface area contributed by atoms with E-state index in [2.05, 4.69) is 36.1 Å². The Morgan fingerprint density at radius 2 is 1.38 bits per heavy atom. The summed E-state index contributed by atoms with van der Waals surface area (Å²) in [7, 11) is 0. The van der Waals surface area contributed by atoms with Crippen molar-refractivity contribution in [2.24, 2.45) is 0 Å². The maximum absolute atomic E-state index is 2.50. The van der Waals surface area contributed by atoms with Crippen molar-refractivity contribution in [1.29, 1.82) is 0 Å². The lowest BCUT2D eigenvalue weighted by molar-refractivity contribution is 0.285. The van der Waals surface area contributed by atoms with Gasteiger partial charge in [-0.3, -0.25) is 4.90 Å². The molecule has 1 heteroatoms. The molecule has 0 saturated heterocycles. The van der Waals surface area contributed by atoms with E-state index in [1.54, 1.807) is 0 Å². The third-order valence-electron chi connectivity index (χ3n) is 2.45. The fourth-order valence-corrected chi connectivity index (χ4v) is 1.88. The van der Waals surface area contributed by atoms with Crippen LogP contribution in [0.1, 0.15) is 52.2 Å². The molecule has 16 heavy (non-hydrogen) atoms. The molecule has 1 aromatic rings. The van der Waals surface area contributed by atoms with Crippen molar-refractivity contribution in [1.82, 2.24) is 4.90 Å². The van der Waals surface area contributed by atoms with Crippen molar-refractivity contribution in [3.8, 4) is 0 Å². The molecule has 0 bridgehead atoms. The first-order valence-corrected chi connectivity index (χ1v) is 6.69. The summed E-state index contributed by atoms with van der Waals surface area (Å²) < 4.78 is 0. The molecule has 1 aliphatic rings. The number of hydrogen-bond acceptors (Lipinski definition) is 1. The third-order valence-corrected chi connectivity index (χ3v) is 2.45. The predicted molar refractivity (Wildman–Crippen MR) is 73.5 cm³/mol. The minimum atomic E-state index is 1.16. The van der Waals surface area contributed by atoms with Gasteiger partial charge in [0.1, 0.15) is 0 Å². The van der Waals surface area contributed by atoms with E-state index in [1.165, 1.54) is 24.1 Å². The maximum atomic E-state index is 2.50. The molecule has 92 valence electrons. The number of rotatable bonds is 2. The second-order valence-corrected chi connectivity index (χ2v) is 3.48. The molecule has 0 unspecified atom stereocenters. The van der Waals surface area contributed by atoms with E-state index in [0.717, 1.165) is 13.1 Å². The first-order chi connectivity index (χ1) is 7.90. The van der Waals surface area contributed by atoms with Crippen LogP contribution in [0.2, 0.25) is 0 Å². The molecule has 2 rings (SSSR count). The quantitative estimate of drug-likeness (QED) is 0.712. The van der Waals surface area contributed by atoms with Crippen LogP contribution in [-0.2, 0) is 13.1 Å². The van der Waals surface area contributed by atoms with Crippen LogP contribution in [0.15, 0.2) is 24.3 Å². The van der Waals surface area contributed by atoms with Crippen molar-refractivity contribution in [3.63, 3.8) is 0 Å². The van der Waals surface area contributed by atoms with Crippen LogP contribution < -0.4 is 0 Å². The smallest absolute Gasteiger partial charge is 0.0240 e. The van der Waals surface area contributed by atoms with E-state index in [1.807, 2.05) is 27.7 Å². The second kappa shape index (κ2) is 9.41. The van der Waals surface area contributed by atoms with Crippen LogP contribution in [0.3, 0.4) is 0 Å². The monoisotopic (exact) mass is 221 g/mol. The lowest BCUT2D eigenvalue weighted by Gasteiger charge is -2.11. The zero-order chi connectivity index (χ0) is 12.4. The van der Waals surface area contributed by atoms with E-state index in [9.17, 15) is 0 Å². The van der Waals surface area contributed by atoms with Gasteiger partial charge in [-0.2, -0.15) is 0 Å². The topological polar surface area (TPSA) is 3.24 Å². The molecule has 0 atom stereocenters. The summed E-state index contributed by atoms with van der Waals surface area (Å²) in [5.41, 5.74) is 3.04. The van der Waals surface area contributed by atoms with Gasteiger partial charge in [0.25, 0.3) is 0 Å². The Morgan fingerprint density at radius 3 is 1.75 bits per heavy atom. The maximum Gasteiger partial charge on any atom is 0.0240 e. The average molecular weight is 221 g/mol. The summed E-state index contributed by atoms with van der Waals surface area (Å²) >= 11 is 0. The first kappa shape index (κ1) is 15.2. The SMILES string of the molecule is CC.CC.CCCN1Cc2ccccc2C1. The zero-order valence-electron chi connectivity index (χ0n) is 11.6. The average Bonchev–Trinajstić information content (AvgIpc) is 2.77. The van der Waals surface area contributed by atoms with Crippen LogP contribution in [0.4, 0.5) is 0 Å². The van der Waals surface area contributed by atoms with Crippen LogP contribution in [0, 0.1) is 0 Å². The summed E-state index contributed by atoms with van der Waals surface area (Å²) in [4.78, 5) is 2.50. The highest BCUT2D eigenvalue weighted by molar-refractivity contribution is 5.30. The summed E-state index contributed by atoms with van der Waals surface area (Å²) in [5.74, 6) is 0. The highest BCUT2D eigenvalue weighted by Crippen LogP contribution is 2.21. The Kier molecular flexibility index (Phi) is 8.93. The molecular formula is C15H27N. The number of benzene rings is 1. The molecular weight excluding hydrogens is 194 g/mol. The van der Waals surface area contributed by atoms with Gasteiger partial charge in [-0.1, -0.05) is 58.9 Å². The van der Waals surface area contributed by atoms with Gasteiger partial charge in [-0.25, -0.2) is 0 Å². The molecule has 0 spiro atoms. The Bertz CT molecular complexity index is 243. The fourth-order valence-electron chi connectivity index (χ4n) is 1.88. The molecule has 0 aromatic heterocycles. The molecule has 0 fully saturated rings. The summed E-state index contributed by atoms with van der Waals surface area (Å²) in [5, 5.41) is 0. The Hall–Kier alpha value is -0.820. The van der Waals surface area contributed by atoms with Gasteiger partial charge in [0.05, 0.1) is 0 Å². The molecule has 0 amide bonds. The molecule has 1 aliphatic heterocycles. The lowest BCUT2D eigenvalue weighted by atomic mass is 10.1. The number of fused-ring (bicyclic) bond motifs is 1. The normalized spacial score (nSPS) is 13.1. The highest BCUT2D eigenvalue weighted by atomic mass is 15.1. The molecule has 1 nitrogen and oxygen atoms in total. The molecule has 1 aromatic carbocycles. The predicted octanol–water partition coefficient (Wildman–Crippen LogP) is 4.46. The summed E-state index contributed by atoms with van der Waals surface area (Å²) in [6.07, 6.45) is 1.26. The van der Waals surface area contributed by atoms with Gasteiger partial charge in [0.15, 0.2) is 0 Å². The minimum Gasteiger partial charge on any atom is -0.295 e. The van der Waals surface area contributed by atoms with Gasteiger partial charge < -0.3 is 0 Å². The van der Waals surface area contributed by atoms with E-state index in [4.69, 9.17) is 0 Å². The van der Waals surface area contributed by atoms with Crippen molar-refractivity contribution >= 4 is 0 Å². The zero-order valence-corrected chi connectivity index (χ0v) is 11.6. The molecule has 0 saturated carbocycles. The first-order valence-electron chi connectivity index (χ1n) is 6.69. The van der Waals surface area contributed by atoms with Gasteiger partial charge in [0, 0.05) is 13.1 Å². The van der Waals surface area contributed by atoms with Gasteiger partial charge >= 0.3 is 0 Å². The van der Waals surface area contributed by atoms with Crippen LogP contribution in [0.5, 0.6) is 0 Å². The van der Waals surface area contributed by atoms with Crippen molar-refractivity contribution in [2.45, 2.75) is 54.1 Å². The molecule has 0 radical (unpaired) electrons. The summed E-state index contributed by atoms with van der Waals surface area (Å²) in [6, 6.07) is 8.75. The van der Waals surface area contributed by atoms with Crippen molar-refractivity contribution < 1.29 is 0 Å². The van der Waals surface area contributed by atoms with Gasteiger partial charge in [0.2, 0.25) is 0 Å². The Labute approximate surface area is 101 Å². The molecule has 0 aliphatic carbocycles. The second-order valence-electron chi connectivity index (χ2n) is 3.48. The van der Waals surface area contributed by atoms with Crippen molar-refractivity contribution in [2.75, 3.05) is 6.54 Å². The van der Waals surface area contributed by atoms with E-state index >= 15 is 0 Å². The largest absolute Gasteiger partial charge is 0.295 e. The van der Waals surface area contributed by atoms with Crippen molar-refractivity contribution in [3.05, 3.63) is 35.4 Å².